The van der Waals surface area contributed by atoms with Crippen LogP contribution >= 0.6 is 11.8 Å². The molecule has 4 heteroatoms. The molecular weight excluding hydrogens is 340 g/mol. The van der Waals surface area contributed by atoms with Crippen molar-refractivity contribution in [2.75, 3.05) is 17.6 Å². The summed E-state index contributed by atoms with van der Waals surface area (Å²) in [5.74, 6) is 1.36. The van der Waals surface area contributed by atoms with Gasteiger partial charge in [-0.3, -0.25) is 9.79 Å². The van der Waals surface area contributed by atoms with Gasteiger partial charge in [0.25, 0.3) is 0 Å². The van der Waals surface area contributed by atoms with Crippen LogP contribution in [0.15, 0.2) is 53.6 Å². The van der Waals surface area contributed by atoms with E-state index >= 15 is 0 Å². The average molecular weight is 367 g/mol. The first kappa shape index (κ1) is 17.6. The van der Waals surface area contributed by atoms with Gasteiger partial charge in [0.2, 0.25) is 5.91 Å². The predicted molar refractivity (Wildman–Crippen MR) is 111 cm³/mol. The molecule has 136 valence electrons. The number of nitrogens with zero attached hydrogens (tertiary/aromatic N) is 1. The van der Waals surface area contributed by atoms with Crippen LogP contribution in [-0.2, 0) is 10.2 Å². The molecule has 26 heavy (non-hydrogen) atoms. The molecule has 4 rings (SSSR count). The average Bonchev–Trinajstić information content (AvgIpc) is 2.99. The molecule has 2 aliphatic heterocycles. The van der Waals surface area contributed by atoms with Crippen molar-refractivity contribution < 1.29 is 4.79 Å². The molecule has 1 aromatic carbocycles. The monoisotopic (exact) mass is 366 g/mol. The van der Waals surface area contributed by atoms with Crippen molar-refractivity contribution in [2.24, 2.45) is 16.8 Å². The van der Waals surface area contributed by atoms with Gasteiger partial charge in [-0.05, 0) is 41.5 Å². The Morgan fingerprint density at radius 3 is 2.73 bits per heavy atom. The van der Waals surface area contributed by atoms with E-state index in [0.717, 1.165) is 30.1 Å². The summed E-state index contributed by atoms with van der Waals surface area (Å²) in [4.78, 5) is 17.7. The fourth-order valence-corrected chi connectivity index (χ4v) is 6.00. The first-order chi connectivity index (χ1) is 12.4. The summed E-state index contributed by atoms with van der Waals surface area (Å²) in [6.07, 6.45) is 9.51. The highest BCUT2D eigenvalue weighted by atomic mass is 32.2. The van der Waals surface area contributed by atoms with Crippen molar-refractivity contribution in [1.29, 1.82) is 0 Å². The van der Waals surface area contributed by atoms with Gasteiger partial charge >= 0.3 is 0 Å². The number of hydrogen-bond donors (Lipinski definition) is 1. The lowest BCUT2D eigenvalue weighted by Crippen LogP contribution is -2.45. The minimum absolute atomic E-state index is 0.0314. The Morgan fingerprint density at radius 1 is 1.23 bits per heavy atom. The van der Waals surface area contributed by atoms with Crippen molar-refractivity contribution in [3.05, 3.63) is 54.1 Å². The van der Waals surface area contributed by atoms with Gasteiger partial charge in [-0.1, -0.05) is 51.1 Å². The number of anilines is 1. The summed E-state index contributed by atoms with van der Waals surface area (Å²) in [6, 6.07) is 8.27. The van der Waals surface area contributed by atoms with Crippen molar-refractivity contribution in [3.8, 4) is 0 Å². The zero-order valence-electron chi connectivity index (χ0n) is 15.7. The summed E-state index contributed by atoms with van der Waals surface area (Å²) in [6.45, 7) is 7.42. The lowest BCUT2D eigenvalue weighted by Gasteiger charge is -2.38. The Morgan fingerprint density at radius 2 is 2.00 bits per heavy atom. The second kappa shape index (κ2) is 6.41. The van der Waals surface area contributed by atoms with Gasteiger partial charge in [-0.15, -0.1) is 11.8 Å². The number of hydrogen-bond acceptors (Lipinski definition) is 3. The Labute approximate surface area is 160 Å². The van der Waals surface area contributed by atoms with Crippen LogP contribution in [0.3, 0.4) is 0 Å². The third-order valence-corrected chi connectivity index (χ3v) is 7.38. The smallest absolute Gasteiger partial charge is 0.228 e. The predicted octanol–water partition coefficient (Wildman–Crippen LogP) is 4.61. The topological polar surface area (TPSA) is 41.5 Å². The van der Waals surface area contributed by atoms with Gasteiger partial charge in [0, 0.05) is 18.0 Å². The Kier molecular flexibility index (Phi) is 4.34. The summed E-state index contributed by atoms with van der Waals surface area (Å²) < 4.78 is -0.0922. The summed E-state index contributed by atoms with van der Waals surface area (Å²) >= 11 is 1.88. The zero-order chi connectivity index (χ0) is 18.4. The normalized spacial score (nSPS) is 29.7. The van der Waals surface area contributed by atoms with Crippen LogP contribution in [0.1, 0.15) is 32.8 Å². The fraction of sp³-hybridized carbons (Fsp3) is 0.455. The van der Waals surface area contributed by atoms with E-state index < -0.39 is 0 Å². The molecular formula is C22H26N2OS. The lowest BCUT2D eigenvalue weighted by molar-refractivity contribution is -0.120. The lowest BCUT2D eigenvalue weighted by atomic mass is 9.74. The quantitative estimate of drug-likeness (QED) is 0.830. The van der Waals surface area contributed by atoms with Gasteiger partial charge in [0.15, 0.2) is 0 Å². The van der Waals surface area contributed by atoms with Crippen molar-refractivity contribution in [1.82, 2.24) is 0 Å². The summed E-state index contributed by atoms with van der Waals surface area (Å²) in [5, 5.41) is 3.15. The summed E-state index contributed by atoms with van der Waals surface area (Å²) in [5.41, 5.74) is 3.43. The molecule has 1 aromatic rings. The maximum absolute atomic E-state index is 13.0. The van der Waals surface area contributed by atoms with E-state index in [9.17, 15) is 4.79 Å². The van der Waals surface area contributed by atoms with Gasteiger partial charge < -0.3 is 5.32 Å². The molecule has 3 atom stereocenters. The summed E-state index contributed by atoms with van der Waals surface area (Å²) in [7, 11) is 0. The van der Waals surface area contributed by atoms with E-state index in [1.165, 1.54) is 5.56 Å². The fourth-order valence-electron chi connectivity index (χ4n) is 4.21. The highest BCUT2D eigenvalue weighted by Gasteiger charge is 2.53. The molecule has 3 nitrogen and oxygen atoms in total. The number of rotatable bonds is 2. The van der Waals surface area contributed by atoms with E-state index in [1.54, 1.807) is 0 Å². The van der Waals surface area contributed by atoms with E-state index in [0.29, 0.717) is 5.92 Å². The molecule has 3 aliphatic rings. The molecule has 1 saturated heterocycles. The molecule has 2 heterocycles. The van der Waals surface area contributed by atoms with Gasteiger partial charge in [-0.25, -0.2) is 0 Å². The van der Waals surface area contributed by atoms with Crippen molar-refractivity contribution >= 4 is 29.1 Å². The number of carbonyl (C=O) groups is 1. The molecule has 1 N–H and O–H groups in total. The van der Waals surface area contributed by atoms with Crippen LogP contribution in [-0.4, -0.2) is 28.7 Å². The maximum Gasteiger partial charge on any atom is 0.228 e. The van der Waals surface area contributed by atoms with E-state index in [-0.39, 0.29) is 22.0 Å². The second-order valence-corrected chi connectivity index (χ2v) is 9.71. The third kappa shape index (κ3) is 2.94. The molecule has 0 bridgehead atoms. The highest BCUT2D eigenvalue weighted by Crippen LogP contribution is 2.53. The second-order valence-electron chi connectivity index (χ2n) is 8.41. The van der Waals surface area contributed by atoms with Gasteiger partial charge in [0.05, 0.1) is 16.4 Å². The Bertz CT molecular complexity index is 800. The minimum atomic E-state index is -0.0922. The minimum Gasteiger partial charge on any atom is -0.326 e. The number of thioether (sulfide) groups is 1. The Hall–Kier alpha value is -1.81. The number of nitrogens with one attached hydrogen (secondary N) is 1. The molecule has 3 unspecified atom stereocenters. The molecule has 1 amide bonds. The number of allylic oxidation sites excluding steroid dienone is 3. The van der Waals surface area contributed by atoms with E-state index in [1.807, 2.05) is 23.9 Å². The molecule has 1 fully saturated rings. The standard InChI is InChI=1S/C22H26N2OS/c1-21(2,3)15-7-9-16(10-8-15)24-20(25)17-14-26-22-12-5-4-6-19(22)23-13-11-18(17)22/h4-10,12,17-18H,11,13-14H2,1-3H3,(H,24,25). The number of carbonyl (C=O) groups excluding carboxylic acids is 1. The van der Waals surface area contributed by atoms with Crippen molar-refractivity contribution in [2.45, 2.75) is 37.4 Å². The molecule has 0 saturated carbocycles. The first-order valence-corrected chi connectivity index (χ1v) is 10.3. The van der Waals surface area contributed by atoms with Crippen LogP contribution in [0, 0.1) is 11.8 Å². The molecule has 0 radical (unpaired) electrons. The van der Waals surface area contributed by atoms with Crippen LogP contribution in [0.2, 0.25) is 0 Å². The first-order valence-electron chi connectivity index (χ1n) is 9.36. The van der Waals surface area contributed by atoms with Gasteiger partial charge in [0.1, 0.15) is 0 Å². The van der Waals surface area contributed by atoms with Crippen LogP contribution in [0.25, 0.3) is 0 Å². The van der Waals surface area contributed by atoms with Gasteiger partial charge in [-0.2, -0.15) is 0 Å². The molecule has 1 spiro atoms. The number of aliphatic imine (C=N–C) groups is 1. The largest absolute Gasteiger partial charge is 0.326 e. The van der Waals surface area contributed by atoms with Crippen LogP contribution in [0.5, 0.6) is 0 Å². The molecule has 1 aliphatic carbocycles. The third-order valence-electron chi connectivity index (χ3n) is 5.73. The Balaban J connectivity index is 1.50. The van der Waals surface area contributed by atoms with Crippen LogP contribution < -0.4 is 5.32 Å². The number of amides is 1. The van der Waals surface area contributed by atoms with E-state index in [4.69, 9.17) is 4.99 Å². The molecule has 0 aromatic heterocycles. The van der Waals surface area contributed by atoms with Crippen LogP contribution in [0.4, 0.5) is 5.69 Å². The zero-order valence-corrected chi connectivity index (χ0v) is 16.5. The SMILES string of the molecule is CC(C)(C)c1ccc(NC(=O)C2CSC34C=CC=CC3=NCCC24)cc1. The highest BCUT2D eigenvalue weighted by molar-refractivity contribution is 8.02. The van der Waals surface area contributed by atoms with Crippen molar-refractivity contribution in [3.63, 3.8) is 0 Å². The maximum atomic E-state index is 13.0. The van der Waals surface area contributed by atoms with E-state index in [2.05, 4.69) is 62.5 Å². The number of benzene rings is 1.